The van der Waals surface area contributed by atoms with Crippen LogP contribution in [0.5, 0.6) is 11.5 Å². The number of nitrogens with one attached hydrogen (secondary N) is 3. The zero-order valence-corrected chi connectivity index (χ0v) is 19.9. The number of hydrogen-bond donors (Lipinski definition) is 3. The van der Waals surface area contributed by atoms with Gasteiger partial charge in [-0.25, -0.2) is 14.1 Å². The molecule has 3 rings (SSSR count). The summed E-state index contributed by atoms with van der Waals surface area (Å²) in [4.78, 5) is 7.53. The summed E-state index contributed by atoms with van der Waals surface area (Å²) >= 11 is 0. The molecule has 3 aromatic rings. The number of aromatic nitrogens is 2. The van der Waals surface area contributed by atoms with Gasteiger partial charge in [0.1, 0.15) is 5.82 Å². The molecule has 0 amide bonds. The van der Waals surface area contributed by atoms with E-state index in [2.05, 4.69) is 15.3 Å². The minimum Gasteiger partial charge on any atom is -0.452 e. The zero-order valence-electron chi connectivity index (χ0n) is 18.3. The van der Waals surface area contributed by atoms with Crippen LogP contribution in [0.2, 0.25) is 0 Å². The number of pyridine rings is 2. The van der Waals surface area contributed by atoms with Gasteiger partial charge in [0.15, 0.2) is 17.3 Å². The van der Waals surface area contributed by atoms with Crippen LogP contribution in [-0.2, 0) is 24.5 Å². The molecular formula is C20H21F2N5O5S2. The lowest BCUT2D eigenvalue weighted by atomic mass is 10.1. The Bertz CT molecular complexity index is 1430. The Morgan fingerprint density at radius 1 is 1.00 bits per heavy atom. The Hall–Kier alpha value is -3.36. The quantitative estimate of drug-likeness (QED) is 0.370. The van der Waals surface area contributed by atoms with Crippen LogP contribution in [0.1, 0.15) is 18.1 Å². The van der Waals surface area contributed by atoms with Crippen molar-refractivity contribution < 1.29 is 30.4 Å². The Morgan fingerprint density at radius 3 is 2.38 bits per heavy atom. The van der Waals surface area contributed by atoms with E-state index in [0.717, 1.165) is 24.9 Å². The van der Waals surface area contributed by atoms with Crippen LogP contribution < -0.4 is 19.5 Å². The smallest absolute Gasteiger partial charge is 0.354 e. The van der Waals surface area contributed by atoms with E-state index in [-0.39, 0.29) is 11.4 Å². The van der Waals surface area contributed by atoms with Gasteiger partial charge in [0, 0.05) is 17.8 Å². The Morgan fingerprint density at radius 2 is 1.74 bits per heavy atom. The van der Waals surface area contributed by atoms with Crippen LogP contribution in [-0.4, -0.2) is 33.9 Å². The third kappa shape index (κ3) is 5.24. The summed E-state index contributed by atoms with van der Waals surface area (Å²) in [6, 6.07) is 5.88. The number of halogens is 2. The van der Waals surface area contributed by atoms with Crippen LogP contribution >= 0.6 is 0 Å². The second kappa shape index (κ2) is 9.87. The fraction of sp³-hybridized carbons (Fsp3) is 0.200. The highest BCUT2D eigenvalue weighted by atomic mass is 33.2. The van der Waals surface area contributed by atoms with E-state index in [1.807, 2.05) is 6.92 Å². The Balaban J connectivity index is 1.89. The SMILES string of the molecule is CCc1ccc(Nc2cncc(Oc3ccnc(NS(=O)(=O)S(=O)(=O)NC)c3F)c2C)c(F)c1. The summed E-state index contributed by atoms with van der Waals surface area (Å²) in [5, 5.41) is 2.91. The molecule has 182 valence electrons. The molecule has 0 aliphatic heterocycles. The molecule has 0 aliphatic carbocycles. The molecule has 2 aromatic heterocycles. The van der Waals surface area contributed by atoms with Crippen LogP contribution in [0.25, 0.3) is 0 Å². The number of anilines is 3. The molecular weight excluding hydrogens is 492 g/mol. The highest BCUT2D eigenvalue weighted by molar-refractivity contribution is 8.66. The van der Waals surface area contributed by atoms with Gasteiger partial charge in [-0.15, -0.1) is 0 Å². The van der Waals surface area contributed by atoms with Gasteiger partial charge in [0.05, 0.1) is 23.8 Å². The summed E-state index contributed by atoms with van der Waals surface area (Å²) in [5.74, 6) is -2.96. The minimum absolute atomic E-state index is 0.0809. The third-order valence-corrected chi connectivity index (χ3v) is 8.72. The topological polar surface area (TPSA) is 139 Å². The summed E-state index contributed by atoms with van der Waals surface area (Å²) < 4.78 is 85.1. The second-order valence-corrected chi connectivity index (χ2v) is 12.0. The number of nitrogens with zero attached hydrogens (tertiary/aromatic N) is 2. The van der Waals surface area contributed by atoms with Crippen LogP contribution in [0, 0.1) is 18.6 Å². The average molecular weight is 514 g/mol. The predicted octanol–water partition coefficient (Wildman–Crippen LogP) is 3.37. The fourth-order valence-electron chi connectivity index (χ4n) is 2.74. The molecule has 0 saturated carbocycles. The first kappa shape index (κ1) is 25.3. The summed E-state index contributed by atoms with van der Waals surface area (Å²) in [7, 11) is -8.97. The van der Waals surface area contributed by atoms with Crippen molar-refractivity contribution >= 4 is 35.3 Å². The van der Waals surface area contributed by atoms with Crippen molar-refractivity contribution in [2.45, 2.75) is 20.3 Å². The van der Waals surface area contributed by atoms with E-state index in [0.29, 0.717) is 17.7 Å². The first-order chi connectivity index (χ1) is 16.0. The van der Waals surface area contributed by atoms with E-state index in [1.54, 1.807) is 28.5 Å². The number of rotatable bonds is 9. The van der Waals surface area contributed by atoms with Gasteiger partial charge in [0.25, 0.3) is 0 Å². The van der Waals surface area contributed by atoms with E-state index in [4.69, 9.17) is 4.74 Å². The fourth-order valence-corrected chi connectivity index (χ4v) is 4.67. The number of ether oxygens (including phenoxy) is 1. The Kier molecular flexibility index (Phi) is 7.33. The lowest BCUT2D eigenvalue weighted by Gasteiger charge is -2.15. The molecule has 3 N–H and O–H groups in total. The molecule has 0 fully saturated rings. The number of benzene rings is 1. The molecule has 0 bridgehead atoms. The zero-order chi connectivity index (χ0) is 25.1. The maximum absolute atomic E-state index is 14.9. The van der Waals surface area contributed by atoms with Crippen LogP contribution in [0.3, 0.4) is 0 Å². The molecule has 34 heavy (non-hydrogen) atoms. The lowest BCUT2D eigenvalue weighted by Crippen LogP contribution is -2.33. The molecule has 0 unspecified atom stereocenters. The van der Waals surface area contributed by atoms with Gasteiger partial charge >= 0.3 is 18.1 Å². The average Bonchev–Trinajstić information content (AvgIpc) is 2.79. The van der Waals surface area contributed by atoms with Gasteiger partial charge < -0.3 is 10.1 Å². The molecule has 2 heterocycles. The van der Waals surface area contributed by atoms with E-state index in [9.17, 15) is 25.6 Å². The predicted molar refractivity (Wildman–Crippen MR) is 123 cm³/mol. The van der Waals surface area contributed by atoms with Crippen LogP contribution in [0.15, 0.2) is 42.9 Å². The molecule has 0 radical (unpaired) electrons. The Labute approximate surface area is 194 Å². The molecule has 1 aromatic carbocycles. The first-order valence-electron chi connectivity index (χ1n) is 9.77. The lowest BCUT2D eigenvalue weighted by molar-refractivity contribution is 0.438. The summed E-state index contributed by atoms with van der Waals surface area (Å²) in [6.07, 6.45) is 4.42. The van der Waals surface area contributed by atoms with Crippen molar-refractivity contribution in [1.82, 2.24) is 14.7 Å². The molecule has 10 nitrogen and oxygen atoms in total. The summed E-state index contributed by atoms with van der Waals surface area (Å²) in [5.41, 5.74) is 1.87. The van der Waals surface area contributed by atoms with E-state index >= 15 is 0 Å². The van der Waals surface area contributed by atoms with Crippen molar-refractivity contribution in [2.75, 3.05) is 17.1 Å². The van der Waals surface area contributed by atoms with Crippen molar-refractivity contribution in [1.29, 1.82) is 0 Å². The highest BCUT2D eigenvalue weighted by Crippen LogP contribution is 2.33. The maximum atomic E-state index is 14.9. The van der Waals surface area contributed by atoms with E-state index < -0.39 is 41.3 Å². The molecule has 14 heteroatoms. The van der Waals surface area contributed by atoms with Crippen molar-refractivity contribution in [2.24, 2.45) is 0 Å². The first-order valence-corrected chi connectivity index (χ1v) is 13.3. The standard InChI is InChI=1S/C20H21F2N5O5S2/c1-4-13-5-6-15(14(21)9-13)26-16-10-24-11-18(12(16)2)32-17-7-8-25-20(19(17)22)27-34(30,31)33(28,29)23-3/h5-11,23,26H,4H2,1-3H3,(H,25,27). The van der Waals surface area contributed by atoms with Gasteiger partial charge in [0.2, 0.25) is 5.82 Å². The molecule has 0 atom stereocenters. The number of aryl methyl sites for hydroxylation is 1. The second-order valence-electron chi connectivity index (χ2n) is 6.89. The largest absolute Gasteiger partial charge is 0.452 e. The van der Waals surface area contributed by atoms with Crippen molar-refractivity contribution in [3.8, 4) is 11.5 Å². The number of hydrogen-bond acceptors (Lipinski definition) is 8. The normalized spacial score (nSPS) is 11.8. The molecule has 0 spiro atoms. The van der Waals surface area contributed by atoms with Gasteiger partial charge in [-0.05, 0) is 38.1 Å². The summed E-state index contributed by atoms with van der Waals surface area (Å²) in [6.45, 7) is 3.53. The van der Waals surface area contributed by atoms with Crippen molar-refractivity contribution in [3.63, 3.8) is 0 Å². The monoisotopic (exact) mass is 513 g/mol. The van der Waals surface area contributed by atoms with Gasteiger partial charge in [-0.2, -0.15) is 21.2 Å². The molecule has 0 saturated heterocycles. The van der Waals surface area contributed by atoms with Gasteiger partial charge in [-0.3, -0.25) is 9.71 Å². The highest BCUT2D eigenvalue weighted by Gasteiger charge is 2.30. The van der Waals surface area contributed by atoms with Crippen LogP contribution in [0.4, 0.5) is 26.0 Å². The van der Waals surface area contributed by atoms with Gasteiger partial charge in [-0.1, -0.05) is 13.0 Å². The minimum atomic E-state index is -5.04. The van der Waals surface area contributed by atoms with Crippen molar-refractivity contribution in [3.05, 3.63) is 65.6 Å². The van der Waals surface area contributed by atoms with E-state index in [1.165, 1.54) is 18.5 Å². The third-order valence-electron chi connectivity index (χ3n) is 4.71. The maximum Gasteiger partial charge on any atom is 0.354 e. The molecule has 0 aliphatic rings.